The highest BCUT2D eigenvalue weighted by Crippen LogP contribution is 2.19. The third kappa shape index (κ3) is 4.42. The zero-order chi connectivity index (χ0) is 14.2. The van der Waals surface area contributed by atoms with Crippen molar-refractivity contribution < 1.29 is 9.47 Å². The highest BCUT2D eigenvalue weighted by molar-refractivity contribution is 6.17. The summed E-state index contributed by atoms with van der Waals surface area (Å²) in [6.45, 7) is 3.15. The molecule has 0 amide bonds. The molecule has 2 aromatic rings. The van der Waals surface area contributed by atoms with E-state index in [1.165, 1.54) is 0 Å². The summed E-state index contributed by atoms with van der Waals surface area (Å²) in [4.78, 5) is 4.35. The average Bonchev–Trinajstić information content (AvgIpc) is 2.49. The minimum absolute atomic E-state index is 0.359. The highest BCUT2D eigenvalue weighted by atomic mass is 35.5. The Hall–Kier alpha value is -1.74. The van der Waals surface area contributed by atoms with Crippen molar-refractivity contribution in [3.8, 4) is 11.5 Å². The van der Waals surface area contributed by atoms with Crippen LogP contribution in [0, 0.1) is 6.92 Å². The average molecular weight is 292 g/mol. The molecule has 0 bridgehead atoms. The zero-order valence-electron chi connectivity index (χ0n) is 11.5. The van der Waals surface area contributed by atoms with E-state index in [0.29, 0.717) is 19.1 Å². The molecule has 0 spiro atoms. The van der Waals surface area contributed by atoms with E-state index >= 15 is 0 Å². The second kappa shape index (κ2) is 7.75. The molecule has 1 heterocycles. The van der Waals surface area contributed by atoms with Crippen molar-refractivity contribution in [2.75, 3.05) is 13.2 Å². The van der Waals surface area contributed by atoms with Gasteiger partial charge in [-0.1, -0.05) is 18.2 Å². The summed E-state index contributed by atoms with van der Waals surface area (Å²) in [5.74, 6) is 1.99. The summed E-state index contributed by atoms with van der Waals surface area (Å²) in [5, 5.41) is 0. The number of pyridine rings is 1. The molecule has 4 heteroatoms. The number of benzene rings is 1. The SMILES string of the molecule is Cc1ccc(OCCCOc2ccccc2)c(CCl)n1. The summed E-state index contributed by atoms with van der Waals surface area (Å²) >= 11 is 5.86. The summed E-state index contributed by atoms with van der Waals surface area (Å²) in [6.07, 6.45) is 0.810. The van der Waals surface area contributed by atoms with Crippen molar-refractivity contribution in [1.29, 1.82) is 0 Å². The Morgan fingerprint density at radius 1 is 1.00 bits per heavy atom. The molecule has 0 fully saturated rings. The van der Waals surface area contributed by atoms with E-state index in [4.69, 9.17) is 21.1 Å². The first-order valence-electron chi connectivity index (χ1n) is 6.62. The van der Waals surface area contributed by atoms with Crippen LogP contribution in [-0.4, -0.2) is 18.2 Å². The van der Waals surface area contributed by atoms with Gasteiger partial charge in [-0.05, 0) is 31.2 Å². The Kier molecular flexibility index (Phi) is 5.69. The van der Waals surface area contributed by atoms with Gasteiger partial charge in [0.15, 0.2) is 0 Å². The molecule has 0 N–H and O–H groups in total. The zero-order valence-corrected chi connectivity index (χ0v) is 12.3. The van der Waals surface area contributed by atoms with Crippen molar-refractivity contribution in [3.05, 3.63) is 53.9 Å². The van der Waals surface area contributed by atoms with E-state index in [9.17, 15) is 0 Å². The molecule has 1 aromatic carbocycles. The van der Waals surface area contributed by atoms with Gasteiger partial charge in [0, 0.05) is 12.1 Å². The van der Waals surface area contributed by atoms with Crippen LogP contribution < -0.4 is 9.47 Å². The molecule has 0 aliphatic heterocycles. The third-order valence-electron chi connectivity index (χ3n) is 2.76. The topological polar surface area (TPSA) is 31.4 Å². The van der Waals surface area contributed by atoms with Crippen LogP contribution >= 0.6 is 11.6 Å². The second-order valence-corrected chi connectivity index (χ2v) is 4.66. The maximum atomic E-state index is 5.86. The summed E-state index contributed by atoms with van der Waals surface area (Å²) in [7, 11) is 0. The van der Waals surface area contributed by atoms with Crippen LogP contribution in [0.15, 0.2) is 42.5 Å². The maximum Gasteiger partial charge on any atom is 0.142 e. The normalized spacial score (nSPS) is 10.3. The van der Waals surface area contributed by atoms with Crippen LogP contribution in [0.5, 0.6) is 11.5 Å². The molecule has 0 saturated carbocycles. The fourth-order valence-corrected chi connectivity index (χ4v) is 1.96. The smallest absolute Gasteiger partial charge is 0.142 e. The maximum absolute atomic E-state index is 5.86. The molecule has 0 saturated heterocycles. The Balaban J connectivity index is 1.73. The van der Waals surface area contributed by atoms with E-state index in [1.807, 2.05) is 49.4 Å². The number of hydrogen-bond donors (Lipinski definition) is 0. The number of para-hydroxylation sites is 1. The van der Waals surface area contributed by atoms with E-state index < -0.39 is 0 Å². The number of hydrogen-bond acceptors (Lipinski definition) is 3. The molecule has 0 aliphatic carbocycles. The Morgan fingerprint density at radius 3 is 2.50 bits per heavy atom. The number of alkyl halides is 1. The van der Waals surface area contributed by atoms with Gasteiger partial charge in [0.1, 0.15) is 11.5 Å². The Labute approximate surface area is 124 Å². The van der Waals surface area contributed by atoms with Gasteiger partial charge in [-0.25, -0.2) is 0 Å². The van der Waals surface area contributed by atoms with Crippen molar-refractivity contribution in [2.45, 2.75) is 19.2 Å². The van der Waals surface area contributed by atoms with E-state index in [-0.39, 0.29) is 0 Å². The van der Waals surface area contributed by atoms with E-state index in [2.05, 4.69) is 4.98 Å². The van der Waals surface area contributed by atoms with Crippen molar-refractivity contribution in [1.82, 2.24) is 4.98 Å². The van der Waals surface area contributed by atoms with E-state index in [0.717, 1.165) is 29.3 Å². The quantitative estimate of drug-likeness (QED) is 0.571. The lowest BCUT2D eigenvalue weighted by Gasteiger charge is -2.10. The second-order valence-electron chi connectivity index (χ2n) is 4.39. The number of aromatic nitrogens is 1. The highest BCUT2D eigenvalue weighted by Gasteiger charge is 2.04. The molecule has 3 nitrogen and oxygen atoms in total. The van der Waals surface area contributed by atoms with Gasteiger partial charge in [-0.15, -0.1) is 11.6 Å². The largest absolute Gasteiger partial charge is 0.493 e. The monoisotopic (exact) mass is 291 g/mol. The standard InChI is InChI=1S/C16H18ClNO2/c1-13-8-9-16(15(12-17)18-13)20-11-5-10-19-14-6-3-2-4-7-14/h2-4,6-9H,5,10-12H2,1H3. The van der Waals surface area contributed by atoms with Crippen LogP contribution in [0.2, 0.25) is 0 Å². The van der Waals surface area contributed by atoms with Crippen LogP contribution in [0.25, 0.3) is 0 Å². The van der Waals surface area contributed by atoms with Gasteiger partial charge in [0.2, 0.25) is 0 Å². The lowest BCUT2D eigenvalue weighted by Crippen LogP contribution is -2.06. The first-order chi connectivity index (χ1) is 9.79. The van der Waals surface area contributed by atoms with Crippen LogP contribution in [-0.2, 0) is 5.88 Å². The van der Waals surface area contributed by atoms with Gasteiger partial charge in [0.05, 0.1) is 24.8 Å². The first-order valence-corrected chi connectivity index (χ1v) is 7.16. The minimum Gasteiger partial charge on any atom is -0.493 e. The van der Waals surface area contributed by atoms with Gasteiger partial charge < -0.3 is 9.47 Å². The molecule has 106 valence electrons. The number of nitrogens with zero attached hydrogens (tertiary/aromatic N) is 1. The first kappa shape index (κ1) is 14.7. The summed E-state index contributed by atoms with van der Waals surface area (Å²) < 4.78 is 11.3. The molecule has 0 unspecified atom stereocenters. The van der Waals surface area contributed by atoms with Crippen LogP contribution in [0.1, 0.15) is 17.8 Å². The van der Waals surface area contributed by atoms with Crippen molar-refractivity contribution >= 4 is 11.6 Å². The fourth-order valence-electron chi connectivity index (χ4n) is 1.77. The van der Waals surface area contributed by atoms with Crippen molar-refractivity contribution in [2.24, 2.45) is 0 Å². The molecule has 0 radical (unpaired) electrons. The van der Waals surface area contributed by atoms with Gasteiger partial charge in [0.25, 0.3) is 0 Å². The van der Waals surface area contributed by atoms with Crippen LogP contribution in [0.4, 0.5) is 0 Å². The molecule has 1 aromatic heterocycles. The number of aryl methyl sites for hydroxylation is 1. The van der Waals surface area contributed by atoms with Crippen molar-refractivity contribution in [3.63, 3.8) is 0 Å². The van der Waals surface area contributed by atoms with Gasteiger partial charge in [-0.3, -0.25) is 4.98 Å². The molecular formula is C16H18ClNO2. The minimum atomic E-state index is 0.359. The molecule has 2 rings (SSSR count). The molecule has 0 aliphatic rings. The number of halogens is 1. The molecule has 0 atom stereocenters. The molecule has 20 heavy (non-hydrogen) atoms. The Morgan fingerprint density at radius 2 is 1.75 bits per heavy atom. The number of ether oxygens (including phenoxy) is 2. The van der Waals surface area contributed by atoms with Gasteiger partial charge >= 0.3 is 0 Å². The third-order valence-corrected chi connectivity index (χ3v) is 3.01. The summed E-state index contributed by atoms with van der Waals surface area (Å²) in [6, 6.07) is 13.6. The van der Waals surface area contributed by atoms with Gasteiger partial charge in [-0.2, -0.15) is 0 Å². The lowest BCUT2D eigenvalue weighted by molar-refractivity contribution is 0.246. The summed E-state index contributed by atoms with van der Waals surface area (Å²) in [5.41, 5.74) is 1.73. The van der Waals surface area contributed by atoms with Crippen LogP contribution in [0.3, 0.4) is 0 Å². The lowest BCUT2D eigenvalue weighted by atomic mass is 10.3. The predicted octanol–water partition coefficient (Wildman–Crippen LogP) is 3.98. The fraction of sp³-hybridized carbons (Fsp3) is 0.312. The Bertz CT molecular complexity index is 531. The predicted molar refractivity (Wildman–Crippen MR) is 80.6 cm³/mol. The number of rotatable bonds is 7. The molecular weight excluding hydrogens is 274 g/mol. The van der Waals surface area contributed by atoms with E-state index in [1.54, 1.807) is 0 Å².